The number of hydrogen-bond donors (Lipinski definition) is 1. The molecule has 0 aliphatic rings. The van der Waals surface area contributed by atoms with E-state index in [-0.39, 0.29) is 34.2 Å². The molecule has 7 heteroatoms. The third-order valence-corrected chi connectivity index (χ3v) is 3.27. The van der Waals surface area contributed by atoms with E-state index in [1.165, 1.54) is 23.1 Å². The second-order valence-corrected chi connectivity index (χ2v) is 5.02. The van der Waals surface area contributed by atoms with Crippen molar-refractivity contribution >= 4 is 5.78 Å². The average molecular weight is 308 g/mol. The maximum atomic E-state index is 12.5. The Balaban J connectivity index is 2.00. The van der Waals surface area contributed by atoms with Gasteiger partial charge in [-0.15, -0.1) is 0 Å². The summed E-state index contributed by atoms with van der Waals surface area (Å²) in [7, 11) is 0. The van der Waals surface area contributed by atoms with Crippen LogP contribution in [0.25, 0.3) is 5.88 Å². The summed E-state index contributed by atoms with van der Waals surface area (Å²) < 4.78 is 6.62. The molecule has 0 saturated heterocycles. The number of rotatable bonds is 3. The van der Waals surface area contributed by atoms with Gasteiger partial charge in [-0.2, -0.15) is 10.4 Å². The lowest BCUT2D eigenvalue weighted by Gasteiger charge is -2.03. The molecule has 0 bridgehead atoms. The fraction of sp³-hybridized carbons (Fsp3) is 0.125. The number of ketones is 1. The molecule has 2 heterocycles. The van der Waals surface area contributed by atoms with Crippen molar-refractivity contribution in [2.75, 3.05) is 0 Å². The van der Waals surface area contributed by atoms with Crippen LogP contribution in [0.3, 0.4) is 0 Å². The highest BCUT2D eigenvalue weighted by molar-refractivity contribution is 6.10. The van der Waals surface area contributed by atoms with Crippen molar-refractivity contribution in [1.29, 1.82) is 5.26 Å². The van der Waals surface area contributed by atoms with Gasteiger partial charge in [0.2, 0.25) is 5.69 Å². The van der Waals surface area contributed by atoms with Crippen LogP contribution in [-0.2, 0) is 0 Å². The summed E-state index contributed by atoms with van der Waals surface area (Å²) in [4.78, 5) is 16.4. The van der Waals surface area contributed by atoms with E-state index in [0.717, 1.165) is 5.56 Å². The van der Waals surface area contributed by atoms with Gasteiger partial charge in [-0.3, -0.25) is 4.79 Å². The van der Waals surface area contributed by atoms with Gasteiger partial charge in [0.25, 0.3) is 5.88 Å². The number of aromatic hydroxyl groups is 1. The van der Waals surface area contributed by atoms with Gasteiger partial charge in [-0.25, -0.2) is 9.67 Å². The molecule has 114 valence electrons. The largest absolute Gasteiger partial charge is 0.507 e. The van der Waals surface area contributed by atoms with Gasteiger partial charge in [-0.1, -0.05) is 11.6 Å². The number of phenols is 1. The van der Waals surface area contributed by atoms with Crippen LogP contribution in [-0.4, -0.2) is 25.7 Å². The molecular formula is C16H12N4O3. The SMILES string of the molecule is Cc1ccc(O)c(C(=O)c2cnn(-c3oc(C)nc3C#N)c2)c1. The Hall–Kier alpha value is -3.40. The lowest BCUT2D eigenvalue weighted by atomic mass is 10.0. The monoisotopic (exact) mass is 308 g/mol. The smallest absolute Gasteiger partial charge is 0.259 e. The van der Waals surface area contributed by atoms with Crippen LogP contribution < -0.4 is 0 Å². The molecule has 0 atom stereocenters. The molecule has 23 heavy (non-hydrogen) atoms. The average Bonchev–Trinajstić information content (AvgIpc) is 3.15. The normalized spacial score (nSPS) is 10.5. The maximum absolute atomic E-state index is 12.5. The molecule has 0 spiro atoms. The van der Waals surface area contributed by atoms with Gasteiger partial charge < -0.3 is 9.52 Å². The van der Waals surface area contributed by atoms with Crippen molar-refractivity contribution in [1.82, 2.24) is 14.8 Å². The number of carbonyl (C=O) groups excluding carboxylic acids is 1. The third-order valence-electron chi connectivity index (χ3n) is 3.27. The first kappa shape index (κ1) is 14.5. The zero-order chi connectivity index (χ0) is 16.6. The molecule has 1 N–H and O–H groups in total. The van der Waals surface area contributed by atoms with Crippen LogP contribution in [0.4, 0.5) is 0 Å². The Morgan fingerprint density at radius 3 is 2.91 bits per heavy atom. The van der Waals surface area contributed by atoms with Crippen molar-refractivity contribution in [2.45, 2.75) is 13.8 Å². The molecule has 0 aliphatic carbocycles. The molecule has 3 rings (SSSR count). The summed E-state index contributed by atoms with van der Waals surface area (Å²) in [5, 5.41) is 22.9. The molecule has 0 saturated carbocycles. The minimum Gasteiger partial charge on any atom is -0.507 e. The van der Waals surface area contributed by atoms with E-state index in [1.807, 2.05) is 13.0 Å². The quantitative estimate of drug-likeness (QED) is 0.744. The summed E-state index contributed by atoms with van der Waals surface area (Å²) in [5.41, 5.74) is 1.40. The Kier molecular flexibility index (Phi) is 3.43. The number of carbonyl (C=O) groups is 1. The number of benzene rings is 1. The minimum absolute atomic E-state index is 0.0861. The number of phenolic OH excluding ortho intramolecular Hbond substituents is 1. The fourth-order valence-corrected chi connectivity index (χ4v) is 2.18. The number of nitriles is 1. The molecule has 1 aromatic carbocycles. The summed E-state index contributed by atoms with van der Waals surface area (Å²) in [6.45, 7) is 3.45. The summed E-state index contributed by atoms with van der Waals surface area (Å²) in [6, 6.07) is 6.70. The summed E-state index contributed by atoms with van der Waals surface area (Å²) in [5.74, 6) is 0.0162. The van der Waals surface area contributed by atoms with Gasteiger partial charge in [0.05, 0.1) is 17.3 Å². The van der Waals surface area contributed by atoms with Gasteiger partial charge in [0, 0.05) is 13.1 Å². The van der Waals surface area contributed by atoms with E-state index >= 15 is 0 Å². The van der Waals surface area contributed by atoms with Crippen molar-refractivity contribution in [2.24, 2.45) is 0 Å². The van der Waals surface area contributed by atoms with E-state index in [2.05, 4.69) is 10.1 Å². The van der Waals surface area contributed by atoms with Gasteiger partial charge >= 0.3 is 0 Å². The van der Waals surface area contributed by atoms with Crippen molar-refractivity contribution in [3.8, 4) is 17.7 Å². The van der Waals surface area contributed by atoms with Crippen LogP contribution in [0, 0.1) is 25.2 Å². The predicted octanol–water partition coefficient (Wildman–Crippen LogP) is 2.29. The lowest BCUT2D eigenvalue weighted by molar-refractivity contribution is 0.103. The second-order valence-electron chi connectivity index (χ2n) is 5.02. The number of nitrogens with zero attached hydrogens (tertiary/aromatic N) is 4. The predicted molar refractivity (Wildman–Crippen MR) is 79.4 cm³/mol. The van der Waals surface area contributed by atoms with E-state index in [1.54, 1.807) is 19.1 Å². The summed E-state index contributed by atoms with van der Waals surface area (Å²) in [6.07, 6.45) is 2.79. The van der Waals surface area contributed by atoms with Gasteiger partial charge in [0.1, 0.15) is 11.8 Å². The molecule has 0 unspecified atom stereocenters. The first-order valence-electron chi connectivity index (χ1n) is 6.76. The van der Waals surface area contributed by atoms with E-state index in [0.29, 0.717) is 5.89 Å². The number of oxazole rings is 1. The maximum Gasteiger partial charge on any atom is 0.259 e. The first-order valence-corrected chi connectivity index (χ1v) is 6.76. The standard InChI is InChI=1S/C16H12N4O3/c1-9-3-4-14(21)12(5-9)15(22)11-7-18-20(8-11)16-13(6-17)19-10(2)23-16/h3-5,7-8,21H,1-2H3. The molecule has 0 aliphatic heterocycles. The van der Waals surface area contributed by atoms with E-state index in [4.69, 9.17) is 9.68 Å². The topological polar surface area (TPSA) is 105 Å². The number of aryl methyl sites for hydroxylation is 2. The van der Waals surface area contributed by atoms with Crippen molar-refractivity contribution in [3.63, 3.8) is 0 Å². The first-order chi connectivity index (χ1) is 11.0. The number of hydrogen-bond acceptors (Lipinski definition) is 6. The Labute approximate surface area is 131 Å². The Bertz CT molecular complexity index is 947. The van der Waals surface area contributed by atoms with Crippen LogP contribution in [0.15, 0.2) is 35.0 Å². The fourth-order valence-electron chi connectivity index (χ4n) is 2.18. The molecular weight excluding hydrogens is 296 g/mol. The van der Waals surface area contributed by atoms with Crippen molar-refractivity contribution in [3.05, 3.63) is 58.9 Å². The summed E-state index contributed by atoms with van der Waals surface area (Å²) >= 11 is 0. The highest BCUT2D eigenvalue weighted by atomic mass is 16.4. The zero-order valence-electron chi connectivity index (χ0n) is 12.4. The van der Waals surface area contributed by atoms with Crippen LogP contribution >= 0.6 is 0 Å². The van der Waals surface area contributed by atoms with Crippen LogP contribution in [0.1, 0.15) is 33.1 Å². The molecule has 0 radical (unpaired) electrons. The molecule has 0 amide bonds. The number of aromatic nitrogens is 3. The Morgan fingerprint density at radius 2 is 2.17 bits per heavy atom. The van der Waals surface area contributed by atoms with Crippen LogP contribution in [0.2, 0.25) is 0 Å². The molecule has 7 nitrogen and oxygen atoms in total. The van der Waals surface area contributed by atoms with E-state index < -0.39 is 0 Å². The zero-order valence-corrected chi connectivity index (χ0v) is 12.4. The van der Waals surface area contributed by atoms with Crippen molar-refractivity contribution < 1.29 is 14.3 Å². The minimum atomic E-state index is -0.368. The highest BCUT2D eigenvalue weighted by Gasteiger charge is 2.19. The molecule has 0 fully saturated rings. The van der Waals surface area contributed by atoms with Crippen LogP contribution in [0.5, 0.6) is 5.75 Å². The van der Waals surface area contributed by atoms with Gasteiger partial charge in [0.15, 0.2) is 11.7 Å². The molecule has 2 aromatic heterocycles. The molecule has 3 aromatic rings. The second kappa shape index (κ2) is 5.42. The third kappa shape index (κ3) is 2.58. The Morgan fingerprint density at radius 1 is 1.39 bits per heavy atom. The van der Waals surface area contributed by atoms with Gasteiger partial charge in [-0.05, 0) is 19.1 Å². The van der Waals surface area contributed by atoms with E-state index in [9.17, 15) is 9.90 Å². The lowest BCUT2D eigenvalue weighted by Crippen LogP contribution is -2.01. The highest BCUT2D eigenvalue weighted by Crippen LogP contribution is 2.22.